The molecule has 2 aromatic carbocycles. The highest BCUT2D eigenvalue weighted by molar-refractivity contribution is 9.10. The molecule has 160 valence electrons. The number of carbonyl (C=O) groups is 1. The minimum Gasteiger partial charge on any atom is -0.462 e. The Labute approximate surface area is 199 Å². The summed E-state index contributed by atoms with van der Waals surface area (Å²) in [6, 6.07) is 15.4. The Morgan fingerprint density at radius 1 is 1.10 bits per heavy atom. The number of aromatic nitrogens is 2. The van der Waals surface area contributed by atoms with Crippen molar-refractivity contribution in [1.82, 2.24) is 9.97 Å². The first kappa shape index (κ1) is 23.2. The van der Waals surface area contributed by atoms with E-state index in [0.717, 1.165) is 37.3 Å². The molecule has 0 aliphatic heterocycles. The van der Waals surface area contributed by atoms with Gasteiger partial charge in [0, 0.05) is 21.1 Å². The van der Waals surface area contributed by atoms with Crippen LogP contribution in [-0.2, 0) is 4.74 Å². The van der Waals surface area contributed by atoms with Crippen molar-refractivity contribution in [3.8, 4) is 11.1 Å². The molecular formula is C23H21BrClN3O2S. The largest absolute Gasteiger partial charge is 0.462 e. The first-order valence-electron chi connectivity index (χ1n) is 9.53. The normalized spacial score (nSPS) is 10.7. The zero-order chi connectivity index (χ0) is 21.1. The molecule has 0 saturated heterocycles. The standard InChI is InChI=1S/C23H20BrN3O2S.ClH/c1-14(2)11-29-23(28)16-5-9-18(10-6-16)27-21-20-19(12-30-22(20)26-13-25-21)15-3-7-17(24)8-4-15;/h3-10,12-14H,11H2,1-2H3,(H,25,26,27);1H. The molecule has 0 aliphatic carbocycles. The maximum absolute atomic E-state index is 12.1. The van der Waals surface area contributed by atoms with E-state index >= 15 is 0 Å². The number of esters is 1. The van der Waals surface area contributed by atoms with E-state index in [1.165, 1.54) is 0 Å². The number of nitrogens with zero attached hydrogens (tertiary/aromatic N) is 2. The first-order valence-corrected chi connectivity index (χ1v) is 11.2. The third kappa shape index (κ3) is 5.42. The van der Waals surface area contributed by atoms with Gasteiger partial charge in [0.05, 0.1) is 17.6 Å². The molecule has 31 heavy (non-hydrogen) atoms. The van der Waals surface area contributed by atoms with E-state index in [2.05, 4.69) is 48.7 Å². The van der Waals surface area contributed by atoms with E-state index in [1.54, 1.807) is 29.8 Å². The summed E-state index contributed by atoms with van der Waals surface area (Å²) in [5.41, 5.74) is 3.55. The van der Waals surface area contributed by atoms with Crippen LogP contribution in [0.5, 0.6) is 0 Å². The van der Waals surface area contributed by atoms with Gasteiger partial charge in [0.2, 0.25) is 0 Å². The van der Waals surface area contributed by atoms with Crippen LogP contribution in [0.2, 0.25) is 0 Å². The second kappa shape index (κ2) is 10.2. The average Bonchev–Trinajstić information content (AvgIpc) is 3.18. The lowest BCUT2D eigenvalue weighted by molar-refractivity contribution is 0.0459. The SMILES string of the molecule is CC(C)COC(=O)c1ccc(Nc2ncnc3scc(-c4ccc(Br)cc4)c23)cc1.Cl. The van der Waals surface area contributed by atoms with E-state index in [1.807, 2.05) is 38.1 Å². The molecule has 1 N–H and O–H groups in total. The summed E-state index contributed by atoms with van der Waals surface area (Å²) < 4.78 is 6.32. The molecule has 0 radical (unpaired) electrons. The summed E-state index contributed by atoms with van der Waals surface area (Å²) in [6.45, 7) is 4.43. The minimum absolute atomic E-state index is 0. The number of carbonyl (C=O) groups excluding carboxylic acids is 1. The van der Waals surface area contributed by atoms with Crippen molar-refractivity contribution in [3.63, 3.8) is 0 Å². The molecule has 0 fully saturated rings. The summed E-state index contributed by atoms with van der Waals surface area (Å²) in [6.07, 6.45) is 1.56. The van der Waals surface area contributed by atoms with Gasteiger partial charge in [-0.25, -0.2) is 14.8 Å². The van der Waals surface area contributed by atoms with Gasteiger partial charge in [-0.3, -0.25) is 0 Å². The van der Waals surface area contributed by atoms with Crippen molar-refractivity contribution in [2.24, 2.45) is 5.92 Å². The monoisotopic (exact) mass is 517 g/mol. The fourth-order valence-corrected chi connectivity index (χ4v) is 4.14. The van der Waals surface area contributed by atoms with Crippen molar-refractivity contribution in [1.29, 1.82) is 0 Å². The molecular weight excluding hydrogens is 498 g/mol. The molecule has 5 nitrogen and oxygen atoms in total. The second-order valence-corrected chi connectivity index (χ2v) is 9.03. The number of benzene rings is 2. The van der Waals surface area contributed by atoms with Gasteiger partial charge in [-0.1, -0.05) is 41.9 Å². The van der Waals surface area contributed by atoms with Crippen LogP contribution in [0.3, 0.4) is 0 Å². The van der Waals surface area contributed by atoms with Crippen LogP contribution in [0.15, 0.2) is 64.7 Å². The van der Waals surface area contributed by atoms with Gasteiger partial charge in [-0.15, -0.1) is 23.7 Å². The van der Waals surface area contributed by atoms with Crippen LogP contribution < -0.4 is 5.32 Å². The number of thiophene rings is 1. The highest BCUT2D eigenvalue weighted by Crippen LogP contribution is 2.37. The van der Waals surface area contributed by atoms with Crippen molar-refractivity contribution < 1.29 is 9.53 Å². The van der Waals surface area contributed by atoms with Gasteiger partial charge >= 0.3 is 5.97 Å². The quantitative estimate of drug-likeness (QED) is 0.276. The number of halogens is 2. The number of rotatable bonds is 6. The summed E-state index contributed by atoms with van der Waals surface area (Å²) in [7, 11) is 0. The lowest BCUT2D eigenvalue weighted by Gasteiger charge is -2.10. The first-order chi connectivity index (χ1) is 14.5. The third-order valence-electron chi connectivity index (χ3n) is 4.46. The number of ether oxygens (including phenoxy) is 1. The van der Waals surface area contributed by atoms with E-state index in [4.69, 9.17) is 4.74 Å². The zero-order valence-corrected chi connectivity index (χ0v) is 20.2. The number of hydrogen-bond acceptors (Lipinski definition) is 6. The Kier molecular flexibility index (Phi) is 7.64. The Morgan fingerprint density at radius 2 is 1.81 bits per heavy atom. The summed E-state index contributed by atoms with van der Waals surface area (Å²) in [4.78, 5) is 21.9. The molecule has 0 atom stereocenters. The van der Waals surface area contributed by atoms with E-state index in [0.29, 0.717) is 18.1 Å². The second-order valence-electron chi connectivity index (χ2n) is 7.25. The molecule has 0 saturated carbocycles. The zero-order valence-electron chi connectivity index (χ0n) is 17.0. The summed E-state index contributed by atoms with van der Waals surface area (Å²) in [5, 5.41) is 6.44. The summed E-state index contributed by atoms with van der Waals surface area (Å²) >= 11 is 5.07. The molecule has 2 heterocycles. The molecule has 4 rings (SSSR count). The van der Waals surface area contributed by atoms with Gasteiger partial charge < -0.3 is 10.1 Å². The average molecular weight is 519 g/mol. The van der Waals surface area contributed by atoms with Gasteiger partial charge in [-0.2, -0.15) is 0 Å². The molecule has 0 aliphatic rings. The highest BCUT2D eigenvalue weighted by Gasteiger charge is 2.14. The Balaban J connectivity index is 0.00000272. The van der Waals surface area contributed by atoms with Crippen LogP contribution in [-0.4, -0.2) is 22.5 Å². The van der Waals surface area contributed by atoms with Crippen molar-refractivity contribution in [2.45, 2.75) is 13.8 Å². The van der Waals surface area contributed by atoms with E-state index in [9.17, 15) is 4.79 Å². The third-order valence-corrected chi connectivity index (χ3v) is 5.87. The topological polar surface area (TPSA) is 64.1 Å². The van der Waals surface area contributed by atoms with Gasteiger partial charge in [0.25, 0.3) is 0 Å². The number of nitrogens with one attached hydrogen (secondary N) is 1. The summed E-state index contributed by atoms with van der Waals surface area (Å²) in [5.74, 6) is 0.727. The molecule has 2 aromatic heterocycles. The number of anilines is 2. The van der Waals surface area contributed by atoms with Gasteiger partial charge in [0.1, 0.15) is 17.0 Å². The Hall–Kier alpha value is -2.48. The smallest absolute Gasteiger partial charge is 0.338 e. The Morgan fingerprint density at radius 3 is 2.48 bits per heavy atom. The van der Waals surface area contributed by atoms with Crippen LogP contribution in [0, 0.1) is 5.92 Å². The fraction of sp³-hybridized carbons (Fsp3) is 0.174. The van der Waals surface area contributed by atoms with Crippen molar-refractivity contribution in [3.05, 3.63) is 70.3 Å². The molecule has 0 amide bonds. The maximum Gasteiger partial charge on any atom is 0.338 e. The molecule has 8 heteroatoms. The predicted octanol–water partition coefficient (Wildman–Crippen LogP) is 7.10. The van der Waals surface area contributed by atoms with Crippen molar-refractivity contribution >= 4 is 67.4 Å². The minimum atomic E-state index is -0.310. The van der Waals surface area contributed by atoms with Crippen molar-refractivity contribution in [2.75, 3.05) is 11.9 Å². The molecule has 4 aromatic rings. The maximum atomic E-state index is 12.1. The molecule has 0 unspecified atom stereocenters. The number of fused-ring (bicyclic) bond motifs is 1. The highest BCUT2D eigenvalue weighted by atomic mass is 79.9. The van der Waals surface area contributed by atoms with Gasteiger partial charge in [0.15, 0.2) is 0 Å². The Bertz CT molecular complexity index is 1180. The predicted molar refractivity (Wildman–Crippen MR) is 133 cm³/mol. The van der Waals surface area contributed by atoms with Crippen LogP contribution in [0.1, 0.15) is 24.2 Å². The lowest BCUT2D eigenvalue weighted by Crippen LogP contribution is -2.10. The number of hydrogen-bond donors (Lipinski definition) is 1. The lowest BCUT2D eigenvalue weighted by atomic mass is 10.1. The molecule has 0 bridgehead atoms. The van der Waals surface area contributed by atoms with Crippen LogP contribution in [0.25, 0.3) is 21.3 Å². The van der Waals surface area contributed by atoms with Crippen LogP contribution >= 0.6 is 39.7 Å². The van der Waals surface area contributed by atoms with E-state index < -0.39 is 0 Å². The van der Waals surface area contributed by atoms with Crippen LogP contribution in [0.4, 0.5) is 11.5 Å². The van der Waals surface area contributed by atoms with Gasteiger partial charge in [-0.05, 0) is 47.9 Å². The fourth-order valence-electron chi connectivity index (χ4n) is 2.96. The molecule has 0 spiro atoms. The van der Waals surface area contributed by atoms with E-state index in [-0.39, 0.29) is 18.4 Å².